The summed E-state index contributed by atoms with van der Waals surface area (Å²) in [5.74, 6) is 2.12. The van der Waals surface area contributed by atoms with Gasteiger partial charge in [0, 0.05) is 99.5 Å². The monoisotopic (exact) mass is 1770 g/mol. The van der Waals surface area contributed by atoms with Crippen molar-refractivity contribution in [1.82, 2.24) is 10.6 Å². The Hall–Kier alpha value is -10.1. The van der Waals surface area contributed by atoms with Crippen molar-refractivity contribution >= 4 is 40.9 Å². The summed E-state index contributed by atoms with van der Waals surface area (Å²) in [4.78, 5) is 26.8. The van der Waals surface area contributed by atoms with Crippen LogP contribution in [0, 0.1) is 24.7 Å². The summed E-state index contributed by atoms with van der Waals surface area (Å²) >= 11 is 4.81. The number of benzene rings is 9. The molecule has 9 aromatic rings. The first kappa shape index (κ1) is 93.0. The van der Waals surface area contributed by atoms with E-state index in [-0.39, 0.29) is 75.7 Å². The van der Waals surface area contributed by atoms with Crippen LogP contribution >= 0.6 is 12.2 Å². The van der Waals surface area contributed by atoms with Gasteiger partial charge in [-0.3, -0.25) is 0 Å². The van der Waals surface area contributed by atoms with E-state index in [0.717, 1.165) is 75.4 Å². The number of ether oxygens (including phenoxy) is 6. The molecule has 0 aliphatic heterocycles. The molecule has 127 heavy (non-hydrogen) atoms. The summed E-state index contributed by atoms with van der Waals surface area (Å²) in [6.07, 6.45) is 5.28. The van der Waals surface area contributed by atoms with Gasteiger partial charge in [0.1, 0.15) is 30.5 Å². The van der Waals surface area contributed by atoms with Crippen LogP contribution in [0.1, 0.15) is 235 Å². The predicted octanol–water partition coefficient (Wildman–Crippen LogP) is 25.5. The van der Waals surface area contributed by atoms with E-state index in [2.05, 4.69) is 182 Å². The fourth-order valence-electron chi connectivity index (χ4n) is 21.2. The maximum absolute atomic E-state index is 13.5. The zero-order valence-electron chi connectivity index (χ0n) is 73.8. The summed E-state index contributed by atoms with van der Waals surface area (Å²) in [5, 5.41) is 20.9. The van der Waals surface area contributed by atoms with E-state index < -0.39 is 57.6 Å². The Morgan fingerprint density at radius 1 is 0.441 bits per heavy atom. The zero-order chi connectivity index (χ0) is 90.8. The van der Waals surface area contributed by atoms with Crippen molar-refractivity contribution < 1.29 is 82.6 Å². The highest BCUT2D eigenvalue weighted by atomic mass is 32.1. The minimum Gasteiger partial charge on any atom is -0.508 e. The van der Waals surface area contributed by atoms with Crippen LogP contribution in [0.15, 0.2) is 188 Å². The molecule has 0 unspecified atom stereocenters. The number of nitrogens with two attached hydrogens (primary N) is 1. The first-order valence-electron chi connectivity index (χ1n) is 44.4. The van der Waals surface area contributed by atoms with E-state index in [0.29, 0.717) is 54.9 Å². The number of fused-ring (bicyclic) bond motifs is 18. The fraction of sp³-hybridized carbons (Fsp3) is 0.447. The van der Waals surface area contributed by atoms with Crippen molar-refractivity contribution in [3.8, 4) is 39.5 Å². The Morgan fingerprint density at radius 2 is 0.787 bits per heavy atom. The number of anilines is 2. The molecule has 0 aromatic heterocycles. The lowest BCUT2D eigenvalue weighted by atomic mass is 9.59. The number of alkyl carbamates (subject to hydrolysis) is 2. The maximum Gasteiger partial charge on any atom is 0.416 e. The molecule has 676 valence electrons. The highest BCUT2D eigenvalue weighted by Crippen LogP contribution is 2.53. The largest absolute Gasteiger partial charge is 0.508 e. The SMILES string of the molecule is COC(C)(C)Oc1ccc2c(c1)[C@@]1(C)CCCCC[C@@H](C2)[C@@H]1N.COC(C)(C)Oc1ccc2c(c1)[C@@]1(C)CCCCC[C@@H](C2)[C@@H]1NC(=O)OCC1c2ccccc2-c2ccccc21.C[C@@]12CCCCC[C@@H](Cc3ccc(O)cc31)[C@@H]2NC(=O)OCC1c2ccccc2-c2ccccc21.Cc1cc(NC(=S)Nc2cc(C(F)(F)F)cc(C(F)(F)F)c2)cc(C(F)(F)F)c1. The number of carbonyl (C=O) groups excluding carboxylic acids is 2. The highest BCUT2D eigenvalue weighted by molar-refractivity contribution is 7.80. The molecule has 6 bridgehead atoms. The molecule has 0 heterocycles. The smallest absolute Gasteiger partial charge is 0.416 e. The van der Waals surface area contributed by atoms with Crippen LogP contribution in [0.3, 0.4) is 0 Å². The summed E-state index contributed by atoms with van der Waals surface area (Å²) in [6.45, 7) is 16.7. The van der Waals surface area contributed by atoms with E-state index >= 15 is 0 Å². The van der Waals surface area contributed by atoms with Crippen molar-refractivity contribution in [2.45, 2.75) is 247 Å². The molecule has 8 aliphatic rings. The second-order valence-corrected chi connectivity index (χ2v) is 37.6. The molecule has 9 atom stereocenters. The van der Waals surface area contributed by atoms with Gasteiger partial charge in [-0.15, -0.1) is 0 Å². The number of hydrogen-bond donors (Lipinski definition) is 6. The minimum absolute atomic E-state index is 0.00151. The van der Waals surface area contributed by atoms with Gasteiger partial charge >= 0.3 is 30.7 Å². The van der Waals surface area contributed by atoms with Crippen molar-refractivity contribution in [3.05, 3.63) is 266 Å². The Kier molecular flexibility index (Phi) is 27.7. The number of alkyl halides is 9. The molecule has 9 aromatic carbocycles. The molecule has 2 amide bonds. The minimum atomic E-state index is -5.05. The van der Waals surface area contributed by atoms with Gasteiger partial charge in [-0.1, -0.05) is 194 Å². The van der Waals surface area contributed by atoms with E-state index in [4.69, 9.17) is 46.4 Å². The first-order chi connectivity index (χ1) is 60.2. The third-order valence-corrected chi connectivity index (χ3v) is 28.1. The number of aryl methyl sites for hydroxylation is 1. The third-order valence-electron chi connectivity index (χ3n) is 27.9. The molecule has 17 rings (SSSR count). The molecule has 0 saturated heterocycles. The number of phenols is 1. The van der Waals surface area contributed by atoms with Gasteiger partial charge in [0.2, 0.25) is 11.6 Å². The quantitative estimate of drug-likeness (QED) is 0.0344. The number of phenolic OH excluding ortho intramolecular Hbond substituents is 1. The van der Waals surface area contributed by atoms with Crippen molar-refractivity contribution in [1.29, 1.82) is 0 Å². The molecule has 0 radical (unpaired) electrons. The van der Waals surface area contributed by atoms with Crippen molar-refractivity contribution in [3.63, 3.8) is 0 Å². The molecule has 7 N–H and O–H groups in total. The predicted molar refractivity (Wildman–Crippen MR) is 482 cm³/mol. The molecule has 3 fully saturated rings. The van der Waals surface area contributed by atoms with E-state index in [1.807, 2.05) is 33.8 Å². The molecule has 0 spiro atoms. The Bertz CT molecular complexity index is 5340. The lowest BCUT2D eigenvalue weighted by Crippen LogP contribution is -2.57. The van der Waals surface area contributed by atoms with Crippen LogP contribution in [0.4, 0.5) is 60.5 Å². The molecule has 14 nitrogen and oxygen atoms in total. The number of rotatable bonds is 14. The topological polar surface area (TPSA) is 184 Å². The van der Waals surface area contributed by atoms with Crippen LogP contribution in [0.2, 0.25) is 0 Å². The van der Waals surface area contributed by atoms with Crippen molar-refractivity contribution in [2.24, 2.45) is 23.5 Å². The average Bonchev–Trinajstić information content (AvgIpc) is 1.76. The Labute approximate surface area is 744 Å². The third kappa shape index (κ3) is 20.9. The lowest BCUT2D eigenvalue weighted by Gasteiger charge is -2.49. The lowest BCUT2D eigenvalue weighted by molar-refractivity contribution is -0.143. The van der Waals surface area contributed by atoms with Gasteiger partial charge in [0.25, 0.3) is 0 Å². The number of nitrogens with one attached hydrogen (secondary N) is 4. The van der Waals surface area contributed by atoms with Gasteiger partial charge in [0.15, 0.2) is 5.11 Å². The number of carbonyl (C=O) groups is 2. The molecular formula is C103H116F9N5O9S. The molecule has 24 heteroatoms. The normalized spacial score (nSPS) is 22.8. The Morgan fingerprint density at radius 3 is 1.19 bits per heavy atom. The van der Waals surface area contributed by atoms with Gasteiger partial charge in [-0.25, -0.2) is 9.59 Å². The number of aromatic hydroxyl groups is 1. The second-order valence-electron chi connectivity index (χ2n) is 37.2. The van der Waals surface area contributed by atoms with Crippen LogP contribution in [0.5, 0.6) is 17.2 Å². The summed E-state index contributed by atoms with van der Waals surface area (Å²) < 4.78 is 151. The van der Waals surface area contributed by atoms with E-state index in [9.17, 15) is 54.2 Å². The van der Waals surface area contributed by atoms with Crippen LogP contribution in [-0.2, 0) is 73.0 Å². The summed E-state index contributed by atoms with van der Waals surface area (Å²) in [7, 11) is 3.34. The number of thiocarbonyl (C=S) groups is 1. The number of amides is 2. The standard InChI is InChI=1S/C35H41NO4.C31H33NO3.C20H31NO2.C17H11F9N2S/c1-34(2,38-4)40-25-18-17-23-20-24-12-6-5-11-19-35(3,31(23)21-25)32(24)36-33(37)39-22-30-28-15-9-7-13-26(28)27-14-8-10-16-29(27)30;1-31-16-8-2-3-9-21(17-20-14-15-22(33)18-28(20)31)29(31)32-30(34)35-19-27-25-12-6-4-10-23(25)24-11-5-7-13-26(24)27;1-19(2,22-4)23-16-10-9-14-12-15-8-6-5-7-11-20(3,18(15)21)17(14)13-16;1-8-2-9(15(18,19)20)5-12(3-8)27-14(29)28-13-6-10(16(21,22)23)4-11(7-13)17(24,25)26/h7-10,13-18,21,24,30,32H,5-6,11-12,19-20,22H2,1-4H3,(H,36,37);4-7,10-15,18,21,27,29,33H,2-3,8-9,16-17,19H2,1H3,(H,32,34);9-10,13,15,18H,5-8,11-12,21H2,1-4H3;2-7H,1H3,(H2,27,28,29)/t24-,32-,35+;21-,29-,31+;15-,18-,20+;/m000./s1. The second kappa shape index (κ2) is 37.9. The highest BCUT2D eigenvalue weighted by Gasteiger charge is 2.51. The van der Waals surface area contributed by atoms with E-state index in [1.54, 1.807) is 20.3 Å². The number of hydrogen-bond acceptors (Lipinski definition) is 11. The van der Waals surface area contributed by atoms with Crippen LogP contribution in [-0.4, -0.2) is 79.5 Å². The zero-order valence-corrected chi connectivity index (χ0v) is 74.6. The van der Waals surface area contributed by atoms with Crippen LogP contribution < -0.4 is 36.5 Å². The van der Waals surface area contributed by atoms with E-state index in [1.165, 1.54) is 149 Å². The molecular weight excluding hydrogens is 1650 g/mol. The van der Waals surface area contributed by atoms with Gasteiger partial charge in [-0.2, -0.15) is 39.5 Å². The molecule has 8 aliphatic carbocycles. The fourth-order valence-corrected chi connectivity index (χ4v) is 21.5. The first-order valence-corrected chi connectivity index (χ1v) is 44.8. The molecule has 3 saturated carbocycles. The van der Waals surface area contributed by atoms with Gasteiger partial charge in [0.05, 0.1) is 16.7 Å². The van der Waals surface area contributed by atoms with Crippen molar-refractivity contribution in [2.75, 3.05) is 38.1 Å². The Balaban J connectivity index is 0.000000140. The summed E-state index contributed by atoms with van der Waals surface area (Å²) in [6, 6.07) is 56.4. The summed E-state index contributed by atoms with van der Waals surface area (Å²) in [5.41, 5.74) is 19.5. The number of methoxy groups -OCH3 is 2. The number of halogens is 9. The maximum atomic E-state index is 13.5. The van der Waals surface area contributed by atoms with Gasteiger partial charge in [-0.05, 0) is 251 Å². The van der Waals surface area contributed by atoms with Gasteiger partial charge < -0.3 is 60.5 Å². The van der Waals surface area contributed by atoms with Crippen LogP contribution in [0.25, 0.3) is 22.3 Å². The average molecular weight is 1770 g/mol.